The number of Topliss-reactive ketones (excluding diaryl/α,β-unsaturated/α-hetero) is 1. The maximum atomic E-state index is 13.4. The van der Waals surface area contributed by atoms with Gasteiger partial charge in [-0.3, -0.25) is 19.7 Å². The highest BCUT2D eigenvalue weighted by atomic mass is 19.4. The zero-order valence-electron chi connectivity index (χ0n) is 27.7. The van der Waals surface area contributed by atoms with Crippen LogP contribution in [0.25, 0.3) is 0 Å². The minimum absolute atomic E-state index is 0.117. The van der Waals surface area contributed by atoms with E-state index in [9.17, 15) is 46.5 Å². The van der Waals surface area contributed by atoms with Gasteiger partial charge in [-0.2, -0.15) is 22.0 Å². The van der Waals surface area contributed by atoms with E-state index in [4.69, 9.17) is 9.47 Å². The molecule has 5 rings (SSSR count). The first-order valence-electron chi connectivity index (χ1n) is 16.6. The largest absolute Gasteiger partial charge is 0.494 e. The highest BCUT2D eigenvalue weighted by Gasteiger charge is 2.58. The summed E-state index contributed by atoms with van der Waals surface area (Å²) in [5.41, 5.74) is 1.12. The number of amides is 1. The van der Waals surface area contributed by atoms with Crippen molar-refractivity contribution in [2.45, 2.75) is 88.8 Å². The quantitative estimate of drug-likeness (QED) is 0.0764. The lowest BCUT2D eigenvalue weighted by atomic mass is 9.55. The number of ether oxygens (including phenoxy) is 3. The number of nitrogens with one attached hydrogen (secondary N) is 1. The lowest BCUT2D eigenvalue weighted by Gasteiger charge is -2.48. The fourth-order valence-electron chi connectivity index (χ4n) is 7.86. The van der Waals surface area contributed by atoms with Crippen molar-refractivity contribution in [2.24, 2.45) is 17.3 Å². The van der Waals surface area contributed by atoms with Gasteiger partial charge >= 0.3 is 23.8 Å². The fraction of sp³-hybridized carbons (Fsp3) is 0.571. The smallest absolute Gasteiger partial charge is 0.456 e. The monoisotopic (exact) mass is 710 g/mol. The number of benzene rings is 2. The number of nitro groups is 1. The van der Waals surface area contributed by atoms with Gasteiger partial charge in [0.15, 0.2) is 12.4 Å². The van der Waals surface area contributed by atoms with E-state index >= 15 is 0 Å². The van der Waals surface area contributed by atoms with Gasteiger partial charge in [-0.05, 0) is 98.4 Å². The second kappa shape index (κ2) is 14.5. The number of hydrogen-bond acceptors (Lipinski definition) is 8. The van der Waals surface area contributed by atoms with Crippen LogP contribution < -0.4 is 14.8 Å². The Bertz CT molecular complexity index is 1630. The average molecular weight is 711 g/mol. The molecule has 10 nitrogen and oxygen atoms in total. The summed E-state index contributed by atoms with van der Waals surface area (Å²) < 4.78 is 79.7. The van der Waals surface area contributed by atoms with Gasteiger partial charge in [-0.1, -0.05) is 13.0 Å². The number of carbonyl (C=O) groups excluding carboxylic acids is 3. The van der Waals surface area contributed by atoms with Crippen LogP contribution in [0.2, 0.25) is 0 Å². The number of nitro benzene ring substituents is 1. The summed E-state index contributed by atoms with van der Waals surface area (Å²) in [5.74, 6) is -5.47. The number of aryl methyl sites for hydroxylation is 1. The topological polar surface area (TPSA) is 134 Å². The predicted molar refractivity (Wildman–Crippen MR) is 168 cm³/mol. The van der Waals surface area contributed by atoms with E-state index in [1.165, 1.54) is 11.1 Å². The van der Waals surface area contributed by atoms with Crippen molar-refractivity contribution >= 4 is 23.3 Å². The van der Waals surface area contributed by atoms with Crippen LogP contribution in [-0.2, 0) is 20.7 Å². The normalized spacial score (nSPS) is 23.6. The molecule has 0 bridgehead atoms. The first kappa shape index (κ1) is 37.0. The summed E-state index contributed by atoms with van der Waals surface area (Å²) in [6.45, 7) is 0.231. The Kier molecular flexibility index (Phi) is 10.7. The summed E-state index contributed by atoms with van der Waals surface area (Å²) in [6.07, 6.45) is 0.663. The van der Waals surface area contributed by atoms with E-state index in [0.29, 0.717) is 55.5 Å². The van der Waals surface area contributed by atoms with Gasteiger partial charge in [-0.15, -0.1) is 0 Å². The molecule has 0 aliphatic heterocycles. The minimum Gasteiger partial charge on any atom is -0.494 e. The standard InChI is InChI=1S/C35H39F5N2O8/c1-33-15-14-24-23-10-8-22(17-20(23)6-9-25(24)26(33)11-13-30(33)43)49-16-4-3-5-27(32(45)48-2)41-31(44)21-7-12-28(42(46)47)29(18-21)50-19-34(36,37)35(38,39)40/h7-8,10,12,17-18,24-27H,3-6,9,11,13-16,19H2,1-2H3,(H,41,44)/t24-,25-,26+,27+,33+/m1/s1. The van der Waals surface area contributed by atoms with E-state index < -0.39 is 53.0 Å². The number of halogens is 5. The van der Waals surface area contributed by atoms with Crippen LogP contribution in [0.3, 0.4) is 0 Å². The predicted octanol–water partition coefficient (Wildman–Crippen LogP) is 7.12. The molecule has 5 atom stereocenters. The Morgan fingerprint density at radius 3 is 2.50 bits per heavy atom. The average Bonchev–Trinajstić information content (AvgIpc) is 3.38. The van der Waals surface area contributed by atoms with Crippen molar-refractivity contribution in [3.8, 4) is 11.5 Å². The van der Waals surface area contributed by atoms with Crippen molar-refractivity contribution in [3.63, 3.8) is 0 Å². The number of ketones is 1. The number of nitrogens with zero attached hydrogens (tertiary/aromatic N) is 1. The van der Waals surface area contributed by atoms with Gasteiger partial charge in [-0.25, -0.2) is 4.79 Å². The molecule has 0 heterocycles. The zero-order valence-corrected chi connectivity index (χ0v) is 27.7. The van der Waals surface area contributed by atoms with E-state index in [0.717, 1.165) is 57.1 Å². The number of carbonyl (C=O) groups is 3. The molecular formula is C35H39F5N2O8. The lowest BCUT2D eigenvalue weighted by molar-refractivity contribution is -0.386. The van der Waals surface area contributed by atoms with E-state index in [1.807, 2.05) is 6.07 Å². The van der Waals surface area contributed by atoms with Crippen LogP contribution in [0.5, 0.6) is 11.5 Å². The number of esters is 1. The molecule has 0 saturated heterocycles. The first-order chi connectivity index (χ1) is 23.6. The maximum absolute atomic E-state index is 13.4. The SMILES string of the molecule is COC(=O)[C@H](CCCCOc1ccc2c(c1)CC[C@@H]1[C@@H]2CC[C@]2(C)C(=O)CC[C@@H]12)NC(=O)c1ccc([N+](=O)[O-])c(OCC(F)(F)C(F)(F)F)c1. The van der Waals surface area contributed by atoms with Gasteiger partial charge in [0, 0.05) is 29.5 Å². The molecule has 2 aromatic carbocycles. The summed E-state index contributed by atoms with van der Waals surface area (Å²) in [4.78, 5) is 48.2. The Morgan fingerprint density at radius 2 is 1.80 bits per heavy atom. The third-order valence-corrected chi connectivity index (χ3v) is 10.6. The highest BCUT2D eigenvalue weighted by molar-refractivity contribution is 5.97. The highest BCUT2D eigenvalue weighted by Crippen LogP contribution is 2.59. The van der Waals surface area contributed by atoms with Crippen molar-refractivity contribution < 1.29 is 55.5 Å². The summed E-state index contributed by atoms with van der Waals surface area (Å²) in [6, 6.07) is 7.33. The van der Waals surface area contributed by atoms with Crippen LogP contribution in [0.1, 0.15) is 85.7 Å². The fourth-order valence-corrected chi connectivity index (χ4v) is 7.86. The molecule has 0 radical (unpaired) electrons. The molecule has 272 valence electrons. The van der Waals surface area contributed by atoms with Gasteiger partial charge in [0.2, 0.25) is 0 Å². The van der Waals surface area contributed by atoms with Crippen LogP contribution in [-0.4, -0.2) is 61.0 Å². The summed E-state index contributed by atoms with van der Waals surface area (Å²) in [5, 5.41) is 13.7. The first-order valence-corrected chi connectivity index (χ1v) is 16.6. The Balaban J connectivity index is 1.14. The molecule has 15 heteroatoms. The van der Waals surface area contributed by atoms with Crippen molar-refractivity contribution in [1.82, 2.24) is 5.32 Å². The molecule has 1 amide bonds. The maximum Gasteiger partial charge on any atom is 0.456 e. The summed E-state index contributed by atoms with van der Waals surface area (Å²) in [7, 11) is 1.11. The van der Waals surface area contributed by atoms with Crippen molar-refractivity contribution in [3.05, 3.63) is 63.2 Å². The third kappa shape index (κ3) is 7.55. The van der Waals surface area contributed by atoms with Crippen LogP contribution in [0.15, 0.2) is 36.4 Å². The molecule has 3 aliphatic carbocycles. The number of alkyl halides is 5. The second-order valence-electron chi connectivity index (χ2n) is 13.5. The van der Waals surface area contributed by atoms with E-state index in [-0.39, 0.29) is 17.4 Å². The number of fused-ring (bicyclic) bond motifs is 5. The molecule has 0 spiro atoms. The zero-order chi connectivity index (χ0) is 36.4. The van der Waals surface area contributed by atoms with Crippen LogP contribution in [0, 0.1) is 27.4 Å². The molecule has 2 saturated carbocycles. The lowest BCUT2D eigenvalue weighted by Crippen LogP contribution is -2.42. The van der Waals surface area contributed by atoms with Crippen LogP contribution >= 0.6 is 0 Å². The Labute approximate surface area is 285 Å². The van der Waals surface area contributed by atoms with Gasteiger partial charge in [0.05, 0.1) is 18.6 Å². The Hall–Kier alpha value is -4.30. The van der Waals surface area contributed by atoms with E-state index in [1.54, 1.807) is 0 Å². The molecular weight excluding hydrogens is 671 g/mol. The van der Waals surface area contributed by atoms with Gasteiger partial charge in [0.25, 0.3) is 5.91 Å². The number of rotatable bonds is 13. The van der Waals surface area contributed by atoms with E-state index in [2.05, 4.69) is 29.1 Å². The molecule has 2 fully saturated rings. The molecule has 1 N–H and O–H groups in total. The number of methoxy groups -OCH3 is 1. The van der Waals surface area contributed by atoms with Gasteiger partial charge in [0.1, 0.15) is 17.6 Å². The molecule has 50 heavy (non-hydrogen) atoms. The van der Waals surface area contributed by atoms with Crippen molar-refractivity contribution in [2.75, 3.05) is 20.3 Å². The molecule has 3 aliphatic rings. The Morgan fingerprint density at radius 1 is 1.04 bits per heavy atom. The van der Waals surface area contributed by atoms with Crippen molar-refractivity contribution in [1.29, 1.82) is 0 Å². The molecule has 0 aromatic heterocycles. The van der Waals surface area contributed by atoms with Gasteiger partial charge < -0.3 is 19.5 Å². The van der Waals surface area contributed by atoms with Crippen LogP contribution in [0.4, 0.5) is 27.6 Å². The molecule has 0 unspecified atom stereocenters. The molecule has 2 aromatic rings. The third-order valence-electron chi connectivity index (χ3n) is 10.6. The minimum atomic E-state index is -5.96. The second-order valence-corrected chi connectivity index (χ2v) is 13.5. The summed E-state index contributed by atoms with van der Waals surface area (Å²) >= 11 is 0. The number of hydrogen-bond donors (Lipinski definition) is 1. The number of unbranched alkanes of at least 4 members (excludes halogenated alkanes) is 1.